The average molecular weight is 184 g/mol. The van der Waals surface area contributed by atoms with Gasteiger partial charge in [0.15, 0.2) is 0 Å². The topological polar surface area (TPSA) is 20.2 Å². The van der Waals surface area contributed by atoms with Gasteiger partial charge < -0.3 is 5.11 Å². The van der Waals surface area contributed by atoms with Crippen LogP contribution in [0.4, 0.5) is 0 Å². The van der Waals surface area contributed by atoms with Gasteiger partial charge in [0.05, 0.1) is 0 Å². The van der Waals surface area contributed by atoms with E-state index in [2.05, 4.69) is 20.8 Å². The van der Waals surface area contributed by atoms with E-state index in [1.54, 1.807) is 0 Å². The summed E-state index contributed by atoms with van der Waals surface area (Å²) in [7, 11) is 0. The summed E-state index contributed by atoms with van der Waals surface area (Å²) in [6, 6.07) is 0. The molecule has 0 amide bonds. The highest BCUT2D eigenvalue weighted by molar-refractivity contribution is 4.80. The molecule has 13 heavy (non-hydrogen) atoms. The van der Waals surface area contributed by atoms with Crippen LogP contribution in [0.5, 0.6) is 0 Å². The summed E-state index contributed by atoms with van der Waals surface area (Å²) in [5, 5.41) is 8.91. The fraction of sp³-hybridized carbons (Fsp3) is 1.00. The van der Waals surface area contributed by atoms with Gasteiger partial charge in [0.2, 0.25) is 0 Å². The molecule has 1 saturated carbocycles. The Morgan fingerprint density at radius 3 is 2.46 bits per heavy atom. The fourth-order valence-electron chi connectivity index (χ4n) is 2.52. The predicted octanol–water partition coefficient (Wildman–Crippen LogP) is 3.22. The van der Waals surface area contributed by atoms with E-state index < -0.39 is 0 Å². The molecular weight excluding hydrogens is 160 g/mol. The summed E-state index contributed by atoms with van der Waals surface area (Å²) in [5.41, 5.74) is 0.466. The Hall–Kier alpha value is -0.0400. The van der Waals surface area contributed by atoms with Crippen LogP contribution >= 0.6 is 0 Å². The molecule has 1 fully saturated rings. The lowest BCUT2D eigenvalue weighted by Crippen LogP contribution is -2.27. The molecule has 1 aliphatic rings. The van der Waals surface area contributed by atoms with E-state index in [4.69, 9.17) is 5.11 Å². The average Bonchev–Trinajstić information content (AvgIpc) is 2.04. The number of aliphatic hydroxyl groups is 1. The fourth-order valence-corrected chi connectivity index (χ4v) is 2.52. The van der Waals surface area contributed by atoms with Crippen molar-refractivity contribution in [2.24, 2.45) is 17.3 Å². The summed E-state index contributed by atoms with van der Waals surface area (Å²) in [6.07, 6.45) is 6.46. The Kier molecular flexibility index (Phi) is 3.78. The summed E-state index contributed by atoms with van der Waals surface area (Å²) in [4.78, 5) is 0. The van der Waals surface area contributed by atoms with E-state index in [-0.39, 0.29) is 0 Å². The molecule has 0 aliphatic heterocycles. The van der Waals surface area contributed by atoms with Crippen molar-refractivity contribution in [2.75, 3.05) is 6.61 Å². The van der Waals surface area contributed by atoms with E-state index in [0.717, 1.165) is 18.3 Å². The van der Waals surface area contributed by atoms with E-state index in [9.17, 15) is 0 Å². The van der Waals surface area contributed by atoms with Gasteiger partial charge in [-0.1, -0.05) is 33.6 Å². The summed E-state index contributed by atoms with van der Waals surface area (Å²) in [5.74, 6) is 1.67. The Balaban J connectivity index is 2.42. The van der Waals surface area contributed by atoms with Gasteiger partial charge in [-0.15, -0.1) is 0 Å². The number of hydrogen-bond donors (Lipinski definition) is 1. The van der Waals surface area contributed by atoms with Crippen LogP contribution in [0.2, 0.25) is 0 Å². The monoisotopic (exact) mass is 184 g/mol. The van der Waals surface area contributed by atoms with Crippen LogP contribution in [-0.2, 0) is 0 Å². The molecule has 1 rings (SSSR count). The maximum absolute atomic E-state index is 8.91. The summed E-state index contributed by atoms with van der Waals surface area (Å²) >= 11 is 0. The van der Waals surface area contributed by atoms with Crippen LogP contribution in [-0.4, -0.2) is 11.7 Å². The number of aliphatic hydroxyl groups excluding tert-OH is 1. The number of rotatable bonds is 2. The maximum Gasteiger partial charge on any atom is 0.0433 e. The van der Waals surface area contributed by atoms with E-state index in [1.165, 1.54) is 25.7 Å². The first kappa shape index (κ1) is 11.0. The van der Waals surface area contributed by atoms with Gasteiger partial charge in [-0.25, -0.2) is 0 Å². The molecule has 1 nitrogen and oxygen atoms in total. The minimum atomic E-state index is 0.377. The molecule has 78 valence electrons. The Morgan fingerprint density at radius 1 is 1.23 bits per heavy atom. The second-order valence-electron chi connectivity index (χ2n) is 5.61. The second-order valence-corrected chi connectivity index (χ2v) is 5.61. The van der Waals surface area contributed by atoms with Gasteiger partial charge in [-0.3, -0.25) is 0 Å². The van der Waals surface area contributed by atoms with Crippen LogP contribution in [0.1, 0.15) is 52.9 Å². The molecule has 0 bridgehead atoms. The SMILES string of the molecule is CC(C)(C)C1CCCC(CCO)C1. The van der Waals surface area contributed by atoms with Crippen molar-refractivity contribution in [3.63, 3.8) is 0 Å². The van der Waals surface area contributed by atoms with Gasteiger partial charge in [0.1, 0.15) is 0 Å². The Bertz CT molecular complexity index is 144. The first-order chi connectivity index (χ1) is 6.04. The third-order valence-corrected chi connectivity index (χ3v) is 3.54. The van der Waals surface area contributed by atoms with Crippen LogP contribution in [0.25, 0.3) is 0 Å². The van der Waals surface area contributed by atoms with Crippen molar-refractivity contribution in [3.05, 3.63) is 0 Å². The number of hydrogen-bond acceptors (Lipinski definition) is 1. The van der Waals surface area contributed by atoms with Crippen molar-refractivity contribution in [2.45, 2.75) is 52.9 Å². The zero-order chi connectivity index (χ0) is 9.90. The zero-order valence-corrected chi connectivity index (χ0v) is 9.34. The molecule has 0 radical (unpaired) electrons. The highest BCUT2D eigenvalue weighted by Crippen LogP contribution is 2.40. The molecule has 0 aromatic carbocycles. The predicted molar refractivity (Wildman–Crippen MR) is 56.6 cm³/mol. The highest BCUT2D eigenvalue weighted by Gasteiger charge is 2.29. The van der Waals surface area contributed by atoms with Crippen molar-refractivity contribution in [3.8, 4) is 0 Å². The first-order valence-corrected chi connectivity index (χ1v) is 5.65. The summed E-state index contributed by atoms with van der Waals surface area (Å²) in [6.45, 7) is 7.42. The normalized spacial score (nSPS) is 30.5. The molecular formula is C12H24O. The lowest BCUT2D eigenvalue weighted by molar-refractivity contribution is 0.124. The van der Waals surface area contributed by atoms with Crippen molar-refractivity contribution < 1.29 is 5.11 Å². The largest absolute Gasteiger partial charge is 0.396 e. The lowest BCUT2D eigenvalue weighted by atomic mass is 9.68. The van der Waals surface area contributed by atoms with Gasteiger partial charge >= 0.3 is 0 Å². The molecule has 0 saturated heterocycles. The van der Waals surface area contributed by atoms with E-state index in [0.29, 0.717) is 12.0 Å². The Morgan fingerprint density at radius 2 is 1.92 bits per heavy atom. The maximum atomic E-state index is 8.91. The summed E-state index contributed by atoms with van der Waals surface area (Å²) < 4.78 is 0. The second kappa shape index (κ2) is 4.45. The van der Waals surface area contributed by atoms with Gasteiger partial charge in [-0.05, 0) is 36.5 Å². The van der Waals surface area contributed by atoms with Crippen molar-refractivity contribution in [1.82, 2.24) is 0 Å². The van der Waals surface area contributed by atoms with Gasteiger partial charge in [-0.2, -0.15) is 0 Å². The standard InChI is InChI=1S/C12H24O/c1-12(2,3)11-6-4-5-10(9-11)7-8-13/h10-11,13H,4-9H2,1-3H3. The minimum absolute atomic E-state index is 0.377. The smallest absolute Gasteiger partial charge is 0.0433 e. The zero-order valence-electron chi connectivity index (χ0n) is 9.34. The van der Waals surface area contributed by atoms with Gasteiger partial charge in [0.25, 0.3) is 0 Å². The van der Waals surface area contributed by atoms with Crippen molar-refractivity contribution >= 4 is 0 Å². The van der Waals surface area contributed by atoms with E-state index >= 15 is 0 Å². The highest BCUT2D eigenvalue weighted by atomic mass is 16.3. The van der Waals surface area contributed by atoms with Gasteiger partial charge in [0, 0.05) is 6.61 Å². The third-order valence-electron chi connectivity index (χ3n) is 3.54. The van der Waals surface area contributed by atoms with Crippen molar-refractivity contribution in [1.29, 1.82) is 0 Å². The molecule has 1 heteroatoms. The molecule has 0 heterocycles. The van der Waals surface area contributed by atoms with Crippen LogP contribution in [0.15, 0.2) is 0 Å². The molecule has 2 atom stereocenters. The first-order valence-electron chi connectivity index (χ1n) is 5.65. The molecule has 1 aliphatic carbocycles. The lowest BCUT2D eigenvalue weighted by Gasteiger charge is -2.37. The minimum Gasteiger partial charge on any atom is -0.396 e. The van der Waals surface area contributed by atoms with Crippen LogP contribution in [0, 0.1) is 17.3 Å². The molecule has 0 aromatic heterocycles. The molecule has 0 spiro atoms. The van der Waals surface area contributed by atoms with Crippen LogP contribution < -0.4 is 0 Å². The quantitative estimate of drug-likeness (QED) is 0.698. The van der Waals surface area contributed by atoms with E-state index in [1.807, 2.05) is 0 Å². The Labute approximate surface area is 82.5 Å². The third kappa shape index (κ3) is 3.30. The molecule has 2 unspecified atom stereocenters. The molecule has 0 aromatic rings. The van der Waals surface area contributed by atoms with Crippen LogP contribution in [0.3, 0.4) is 0 Å². The molecule has 1 N–H and O–H groups in total.